The minimum absolute atomic E-state index is 0.454. The zero-order chi connectivity index (χ0) is 10.7. The minimum Gasteiger partial charge on any atom is -0.387 e. The molecule has 1 aliphatic heterocycles. The van der Waals surface area contributed by atoms with Crippen molar-refractivity contribution in [3.8, 4) is 0 Å². The van der Waals surface area contributed by atoms with E-state index < -0.39 is 0 Å². The van der Waals surface area contributed by atoms with Gasteiger partial charge < -0.3 is 10.1 Å². The van der Waals surface area contributed by atoms with Crippen LogP contribution >= 0.6 is 12.6 Å². The molecule has 2 atom stereocenters. The number of hydrogen-bond acceptors (Lipinski definition) is 3. The van der Waals surface area contributed by atoms with Crippen molar-refractivity contribution in [2.24, 2.45) is 5.92 Å². The van der Waals surface area contributed by atoms with Gasteiger partial charge in [0.1, 0.15) is 0 Å². The van der Waals surface area contributed by atoms with Crippen LogP contribution in [-0.4, -0.2) is 25.0 Å². The zero-order valence-corrected chi connectivity index (χ0v) is 10.1. The molecule has 1 heterocycles. The van der Waals surface area contributed by atoms with Crippen molar-refractivity contribution in [2.45, 2.75) is 25.9 Å². The van der Waals surface area contributed by atoms with Gasteiger partial charge in [-0.2, -0.15) is 12.6 Å². The predicted molar refractivity (Wildman–Crippen MR) is 66.2 cm³/mol. The Hall–Kier alpha value is -0.410. The van der Waals surface area contributed by atoms with Crippen LogP contribution in [0.4, 0.5) is 0 Å². The lowest BCUT2D eigenvalue weighted by Gasteiger charge is -2.21. The molecular weight excluding hydrogens is 206 g/mol. The lowest BCUT2D eigenvalue weighted by Crippen LogP contribution is -2.22. The van der Waals surface area contributed by atoms with E-state index in [-0.39, 0.29) is 0 Å². The molecule has 2 nitrogen and oxygen atoms in total. The molecule has 0 bridgehead atoms. The monoisotopic (exact) mass is 225 g/mol. The third kappa shape index (κ3) is 2.79. The Kier molecular flexibility index (Phi) is 3.76. The predicted octanol–water partition coefficient (Wildman–Crippen LogP) is 2.14. The van der Waals surface area contributed by atoms with Crippen molar-refractivity contribution in [1.29, 1.82) is 0 Å². The first-order chi connectivity index (χ1) is 7.33. The molecule has 15 heavy (non-hydrogen) atoms. The maximum Gasteiger partial charge on any atom is 0.0876 e. The topological polar surface area (TPSA) is 24.6 Å². The summed E-state index contributed by atoms with van der Waals surface area (Å²) in [6.07, 6.45) is 7.26. The average Bonchev–Trinajstić information content (AvgIpc) is 3.09. The second-order valence-electron chi connectivity index (χ2n) is 4.19. The maximum absolute atomic E-state index is 5.37. The van der Waals surface area contributed by atoms with E-state index in [2.05, 4.69) is 37.0 Å². The second kappa shape index (κ2) is 5.08. The van der Waals surface area contributed by atoms with Gasteiger partial charge in [-0.3, -0.25) is 0 Å². The zero-order valence-electron chi connectivity index (χ0n) is 9.20. The Morgan fingerprint density at radius 1 is 1.67 bits per heavy atom. The third-order valence-electron chi connectivity index (χ3n) is 3.06. The van der Waals surface area contributed by atoms with Gasteiger partial charge in [0.05, 0.1) is 12.7 Å². The van der Waals surface area contributed by atoms with Gasteiger partial charge in [-0.25, -0.2) is 0 Å². The highest BCUT2D eigenvalue weighted by molar-refractivity contribution is 7.80. The summed E-state index contributed by atoms with van der Waals surface area (Å²) in [7, 11) is 0. The van der Waals surface area contributed by atoms with Crippen molar-refractivity contribution in [2.75, 3.05) is 18.9 Å². The van der Waals surface area contributed by atoms with E-state index in [9.17, 15) is 0 Å². The molecule has 0 aromatic heterocycles. The van der Waals surface area contributed by atoms with Crippen LogP contribution < -0.4 is 5.32 Å². The van der Waals surface area contributed by atoms with Crippen LogP contribution in [0.5, 0.6) is 0 Å². The van der Waals surface area contributed by atoms with E-state index in [0.717, 1.165) is 31.7 Å². The number of hydrogen-bond donors (Lipinski definition) is 2. The summed E-state index contributed by atoms with van der Waals surface area (Å²) in [4.78, 5) is 0. The summed E-state index contributed by atoms with van der Waals surface area (Å²) in [5.74, 6) is 1.42. The third-order valence-corrected chi connectivity index (χ3v) is 3.29. The number of thiol groups is 1. The Labute approximate surface area is 97.2 Å². The highest BCUT2D eigenvalue weighted by atomic mass is 32.1. The SMILES string of the molecule is CC(C1=C(NCCS)CCC=C1)C1CO1. The molecular formula is C12H19NOS. The van der Waals surface area contributed by atoms with E-state index >= 15 is 0 Å². The molecule has 0 spiro atoms. The molecule has 3 heteroatoms. The van der Waals surface area contributed by atoms with Gasteiger partial charge in [0.15, 0.2) is 0 Å². The summed E-state index contributed by atoms with van der Waals surface area (Å²) >= 11 is 4.23. The maximum atomic E-state index is 5.37. The first-order valence-corrected chi connectivity index (χ1v) is 6.32. The van der Waals surface area contributed by atoms with E-state index in [0.29, 0.717) is 12.0 Å². The summed E-state index contributed by atoms with van der Waals surface area (Å²) < 4.78 is 5.37. The van der Waals surface area contributed by atoms with Gasteiger partial charge in [-0.05, 0) is 18.4 Å². The second-order valence-corrected chi connectivity index (χ2v) is 4.63. The molecule has 0 aromatic rings. The van der Waals surface area contributed by atoms with Gasteiger partial charge in [0.2, 0.25) is 0 Å². The molecule has 1 aliphatic carbocycles. The molecule has 0 amide bonds. The lowest BCUT2D eigenvalue weighted by atomic mass is 9.91. The number of rotatable bonds is 5. The molecule has 84 valence electrons. The van der Waals surface area contributed by atoms with Gasteiger partial charge in [-0.1, -0.05) is 19.1 Å². The minimum atomic E-state index is 0.454. The van der Waals surface area contributed by atoms with Crippen LogP contribution in [0.3, 0.4) is 0 Å². The molecule has 0 aromatic carbocycles. The summed E-state index contributed by atoms with van der Waals surface area (Å²) in [5.41, 5.74) is 2.83. The Morgan fingerprint density at radius 3 is 3.13 bits per heavy atom. The van der Waals surface area contributed by atoms with Crippen molar-refractivity contribution in [3.05, 3.63) is 23.4 Å². The van der Waals surface area contributed by atoms with Gasteiger partial charge in [0.25, 0.3) is 0 Å². The molecule has 2 unspecified atom stereocenters. The van der Waals surface area contributed by atoms with Gasteiger partial charge >= 0.3 is 0 Å². The molecule has 1 saturated heterocycles. The normalized spacial score (nSPS) is 26.7. The van der Waals surface area contributed by atoms with E-state index in [1.54, 1.807) is 0 Å². The average molecular weight is 225 g/mol. The molecule has 1 N–H and O–H groups in total. The fourth-order valence-electron chi connectivity index (χ4n) is 2.05. The van der Waals surface area contributed by atoms with Crippen LogP contribution in [0.15, 0.2) is 23.4 Å². The van der Waals surface area contributed by atoms with Gasteiger partial charge in [0, 0.05) is 23.9 Å². The Balaban J connectivity index is 2.06. The Bertz CT molecular complexity index is 281. The van der Waals surface area contributed by atoms with Crippen molar-refractivity contribution in [3.63, 3.8) is 0 Å². The molecule has 0 radical (unpaired) electrons. The number of allylic oxidation sites excluding steroid dienone is 3. The molecule has 2 aliphatic rings. The van der Waals surface area contributed by atoms with Crippen LogP contribution in [0.1, 0.15) is 19.8 Å². The molecule has 2 rings (SSSR count). The molecule has 0 saturated carbocycles. The number of ether oxygens (including phenoxy) is 1. The number of nitrogens with one attached hydrogen (secondary N) is 1. The van der Waals surface area contributed by atoms with E-state index in [1.807, 2.05) is 0 Å². The van der Waals surface area contributed by atoms with E-state index in [4.69, 9.17) is 4.74 Å². The van der Waals surface area contributed by atoms with Crippen molar-refractivity contribution in [1.82, 2.24) is 5.32 Å². The highest BCUT2D eigenvalue weighted by Gasteiger charge is 2.32. The van der Waals surface area contributed by atoms with Crippen LogP contribution in [-0.2, 0) is 4.74 Å². The molecule has 1 fully saturated rings. The van der Waals surface area contributed by atoms with Crippen molar-refractivity contribution >= 4 is 12.6 Å². The largest absolute Gasteiger partial charge is 0.387 e. The fraction of sp³-hybridized carbons (Fsp3) is 0.667. The smallest absolute Gasteiger partial charge is 0.0876 e. The van der Waals surface area contributed by atoms with Crippen LogP contribution in [0.2, 0.25) is 0 Å². The summed E-state index contributed by atoms with van der Waals surface area (Å²) in [6, 6.07) is 0. The first kappa shape index (κ1) is 11.1. The van der Waals surface area contributed by atoms with Crippen LogP contribution in [0.25, 0.3) is 0 Å². The highest BCUT2D eigenvalue weighted by Crippen LogP contribution is 2.31. The van der Waals surface area contributed by atoms with Crippen LogP contribution in [0, 0.1) is 5.92 Å². The van der Waals surface area contributed by atoms with E-state index in [1.165, 1.54) is 11.3 Å². The van der Waals surface area contributed by atoms with Crippen molar-refractivity contribution < 1.29 is 4.74 Å². The fourth-order valence-corrected chi connectivity index (χ4v) is 2.16. The first-order valence-electron chi connectivity index (χ1n) is 5.69. The summed E-state index contributed by atoms with van der Waals surface area (Å²) in [5, 5.41) is 3.48. The quantitative estimate of drug-likeness (QED) is 0.553. The lowest BCUT2D eigenvalue weighted by molar-refractivity contribution is 0.364. The Morgan fingerprint density at radius 2 is 2.47 bits per heavy atom. The summed E-state index contributed by atoms with van der Waals surface area (Å²) in [6.45, 7) is 4.14. The number of epoxide rings is 1. The standard InChI is InChI=1S/C12H19NOS/c1-9(12-8-14-12)10-4-2-3-5-11(10)13-6-7-15/h2,4,9,12-13,15H,3,5-8H2,1H3. The van der Waals surface area contributed by atoms with Gasteiger partial charge in [-0.15, -0.1) is 0 Å².